The van der Waals surface area contributed by atoms with E-state index in [0.29, 0.717) is 29.3 Å². The first-order valence-corrected chi connectivity index (χ1v) is 8.99. The average Bonchev–Trinajstić information content (AvgIpc) is 2.94. The van der Waals surface area contributed by atoms with Crippen LogP contribution < -0.4 is 20.1 Å². The summed E-state index contributed by atoms with van der Waals surface area (Å²) in [6.07, 6.45) is 0.709. The Bertz CT molecular complexity index is 728. The third-order valence-electron chi connectivity index (χ3n) is 3.56. The minimum Gasteiger partial charge on any atom is -0.493 e. The van der Waals surface area contributed by atoms with Crippen molar-refractivity contribution in [2.24, 2.45) is 0 Å². The van der Waals surface area contributed by atoms with Gasteiger partial charge >= 0.3 is 0 Å². The molecular weight excluding hydrogens is 338 g/mol. The molecule has 2 rings (SSSR count). The normalized spacial score (nSPS) is 10.6. The molecule has 1 heterocycles. The van der Waals surface area contributed by atoms with E-state index in [0.717, 1.165) is 16.4 Å². The largest absolute Gasteiger partial charge is 0.493 e. The number of hydrogen-bond acceptors (Lipinski definition) is 6. The van der Waals surface area contributed by atoms with Gasteiger partial charge in [0.1, 0.15) is 4.88 Å². The van der Waals surface area contributed by atoms with Gasteiger partial charge in [-0.25, -0.2) is 4.98 Å². The Morgan fingerprint density at radius 3 is 2.60 bits per heavy atom. The van der Waals surface area contributed by atoms with Gasteiger partial charge in [0, 0.05) is 12.6 Å². The standard InChI is InChI=1S/C18H25N3O3S/c1-11(2)20-18-21-12(3)16(25-18)17(22)19-9-8-13-6-7-14(23-4)15(10-13)24-5/h6-7,10-11H,8-9H2,1-5H3,(H,19,22)(H,20,21). The number of benzene rings is 1. The Hall–Kier alpha value is -2.28. The average molecular weight is 363 g/mol. The molecule has 0 spiro atoms. The van der Waals surface area contributed by atoms with Crippen molar-refractivity contribution in [3.05, 3.63) is 34.3 Å². The molecule has 0 radical (unpaired) electrons. The first kappa shape index (κ1) is 19.1. The lowest BCUT2D eigenvalue weighted by molar-refractivity contribution is 0.0957. The van der Waals surface area contributed by atoms with Gasteiger partial charge in [0.05, 0.1) is 19.9 Å². The van der Waals surface area contributed by atoms with E-state index < -0.39 is 0 Å². The van der Waals surface area contributed by atoms with Crippen molar-refractivity contribution in [1.82, 2.24) is 10.3 Å². The van der Waals surface area contributed by atoms with Crippen LogP contribution in [0.4, 0.5) is 5.13 Å². The van der Waals surface area contributed by atoms with Gasteiger partial charge in [-0.15, -0.1) is 0 Å². The molecule has 1 aromatic carbocycles. The van der Waals surface area contributed by atoms with Crippen LogP contribution in [0, 0.1) is 6.92 Å². The third-order valence-corrected chi connectivity index (χ3v) is 4.65. The highest BCUT2D eigenvalue weighted by molar-refractivity contribution is 7.17. The number of methoxy groups -OCH3 is 2. The zero-order valence-electron chi connectivity index (χ0n) is 15.3. The number of amides is 1. The number of carbonyl (C=O) groups is 1. The van der Waals surface area contributed by atoms with E-state index in [2.05, 4.69) is 15.6 Å². The number of aromatic nitrogens is 1. The topological polar surface area (TPSA) is 72.5 Å². The first-order chi connectivity index (χ1) is 11.9. The zero-order chi connectivity index (χ0) is 18.4. The summed E-state index contributed by atoms with van der Waals surface area (Å²) in [6.45, 7) is 6.48. The summed E-state index contributed by atoms with van der Waals surface area (Å²) in [7, 11) is 3.22. The number of hydrogen-bond donors (Lipinski definition) is 2. The summed E-state index contributed by atoms with van der Waals surface area (Å²) in [4.78, 5) is 17.4. The molecule has 1 amide bonds. The van der Waals surface area contributed by atoms with Crippen LogP contribution in [0.2, 0.25) is 0 Å². The lowest BCUT2D eigenvalue weighted by Gasteiger charge is -2.10. The summed E-state index contributed by atoms with van der Waals surface area (Å²) in [5.41, 5.74) is 1.82. The van der Waals surface area contributed by atoms with Gasteiger partial charge in [0.25, 0.3) is 5.91 Å². The number of anilines is 1. The number of ether oxygens (including phenoxy) is 2. The summed E-state index contributed by atoms with van der Waals surface area (Å²) < 4.78 is 10.5. The van der Waals surface area contributed by atoms with Crippen molar-refractivity contribution in [1.29, 1.82) is 0 Å². The minimum absolute atomic E-state index is 0.0905. The molecule has 25 heavy (non-hydrogen) atoms. The second-order valence-corrected chi connectivity index (χ2v) is 6.93. The quantitative estimate of drug-likeness (QED) is 0.753. The Morgan fingerprint density at radius 2 is 1.96 bits per heavy atom. The molecule has 136 valence electrons. The fourth-order valence-electron chi connectivity index (χ4n) is 2.35. The highest BCUT2D eigenvalue weighted by Gasteiger charge is 2.15. The van der Waals surface area contributed by atoms with E-state index in [9.17, 15) is 4.79 Å². The van der Waals surface area contributed by atoms with Gasteiger partial charge < -0.3 is 20.1 Å². The van der Waals surface area contributed by atoms with E-state index in [1.807, 2.05) is 39.0 Å². The molecule has 2 N–H and O–H groups in total. The predicted octanol–water partition coefficient (Wildman–Crippen LogP) is 3.26. The van der Waals surface area contributed by atoms with E-state index in [1.54, 1.807) is 14.2 Å². The maximum absolute atomic E-state index is 12.4. The molecular formula is C18H25N3O3S. The van der Waals surface area contributed by atoms with E-state index in [1.165, 1.54) is 11.3 Å². The van der Waals surface area contributed by atoms with Gasteiger partial charge in [0.15, 0.2) is 16.6 Å². The van der Waals surface area contributed by atoms with Gasteiger partial charge in [0.2, 0.25) is 0 Å². The molecule has 1 aromatic heterocycles. The lowest BCUT2D eigenvalue weighted by atomic mass is 10.1. The van der Waals surface area contributed by atoms with Crippen molar-refractivity contribution in [3.63, 3.8) is 0 Å². The fraction of sp³-hybridized carbons (Fsp3) is 0.444. The number of nitrogens with zero attached hydrogens (tertiary/aromatic N) is 1. The maximum Gasteiger partial charge on any atom is 0.263 e. The minimum atomic E-state index is -0.0905. The summed E-state index contributed by atoms with van der Waals surface area (Å²) in [5.74, 6) is 1.29. The van der Waals surface area contributed by atoms with E-state index >= 15 is 0 Å². The summed E-state index contributed by atoms with van der Waals surface area (Å²) in [6, 6.07) is 6.04. The molecule has 0 atom stereocenters. The fourth-order valence-corrected chi connectivity index (χ4v) is 3.38. The van der Waals surface area contributed by atoms with Crippen LogP contribution in [-0.2, 0) is 6.42 Å². The Labute approximate surface area is 152 Å². The van der Waals surface area contributed by atoms with Crippen LogP contribution in [0.1, 0.15) is 34.8 Å². The predicted molar refractivity (Wildman–Crippen MR) is 101 cm³/mol. The van der Waals surface area contributed by atoms with Crippen LogP contribution >= 0.6 is 11.3 Å². The van der Waals surface area contributed by atoms with Crippen LogP contribution in [0.5, 0.6) is 11.5 Å². The maximum atomic E-state index is 12.4. The molecule has 0 aliphatic rings. The molecule has 6 nitrogen and oxygen atoms in total. The Balaban J connectivity index is 1.93. The summed E-state index contributed by atoms with van der Waals surface area (Å²) in [5, 5.41) is 6.96. The Morgan fingerprint density at radius 1 is 1.24 bits per heavy atom. The number of nitrogens with one attached hydrogen (secondary N) is 2. The highest BCUT2D eigenvalue weighted by Crippen LogP contribution is 2.27. The van der Waals surface area contributed by atoms with Crippen LogP contribution in [-0.4, -0.2) is 37.7 Å². The second kappa shape index (κ2) is 8.71. The molecule has 0 saturated heterocycles. The highest BCUT2D eigenvalue weighted by atomic mass is 32.1. The number of aryl methyl sites for hydroxylation is 1. The zero-order valence-corrected chi connectivity index (χ0v) is 16.1. The van der Waals surface area contributed by atoms with Gasteiger partial charge in [-0.3, -0.25) is 4.79 Å². The number of carbonyl (C=O) groups excluding carboxylic acids is 1. The van der Waals surface area contributed by atoms with Crippen LogP contribution in [0.25, 0.3) is 0 Å². The van der Waals surface area contributed by atoms with Crippen molar-refractivity contribution < 1.29 is 14.3 Å². The van der Waals surface area contributed by atoms with Gasteiger partial charge in [-0.05, 0) is 44.9 Å². The monoisotopic (exact) mass is 363 g/mol. The molecule has 0 saturated carbocycles. The SMILES string of the molecule is COc1ccc(CCNC(=O)c2sc(NC(C)C)nc2C)cc1OC. The first-order valence-electron chi connectivity index (χ1n) is 8.17. The van der Waals surface area contributed by atoms with Crippen LogP contribution in [0.3, 0.4) is 0 Å². The van der Waals surface area contributed by atoms with Crippen molar-refractivity contribution in [3.8, 4) is 11.5 Å². The van der Waals surface area contributed by atoms with Crippen molar-refractivity contribution in [2.75, 3.05) is 26.1 Å². The third kappa shape index (κ3) is 5.09. The van der Waals surface area contributed by atoms with E-state index in [-0.39, 0.29) is 11.9 Å². The molecule has 0 unspecified atom stereocenters. The molecule has 0 aliphatic carbocycles. The molecule has 7 heteroatoms. The van der Waals surface area contributed by atoms with Gasteiger partial charge in [-0.1, -0.05) is 17.4 Å². The lowest BCUT2D eigenvalue weighted by Crippen LogP contribution is -2.25. The number of rotatable bonds is 8. The molecule has 0 fully saturated rings. The van der Waals surface area contributed by atoms with E-state index in [4.69, 9.17) is 9.47 Å². The molecule has 2 aromatic rings. The Kier molecular flexibility index (Phi) is 6.64. The summed E-state index contributed by atoms with van der Waals surface area (Å²) >= 11 is 1.38. The molecule has 0 aliphatic heterocycles. The smallest absolute Gasteiger partial charge is 0.263 e. The van der Waals surface area contributed by atoms with Gasteiger partial charge in [-0.2, -0.15) is 0 Å². The van der Waals surface area contributed by atoms with Crippen LogP contribution in [0.15, 0.2) is 18.2 Å². The second-order valence-electron chi connectivity index (χ2n) is 5.93. The van der Waals surface area contributed by atoms with Crippen molar-refractivity contribution in [2.45, 2.75) is 33.2 Å². The molecule has 0 bridgehead atoms. The number of thiazole rings is 1. The van der Waals surface area contributed by atoms with Crippen molar-refractivity contribution >= 4 is 22.4 Å².